The van der Waals surface area contributed by atoms with Gasteiger partial charge in [0.1, 0.15) is 5.82 Å². The molecule has 0 radical (unpaired) electrons. The molecule has 0 unspecified atom stereocenters. The number of hydrogen-bond acceptors (Lipinski definition) is 3. The molecule has 0 saturated carbocycles. The molecule has 1 N–H and O–H groups in total. The average molecular weight is 392 g/mol. The summed E-state index contributed by atoms with van der Waals surface area (Å²) in [7, 11) is 0. The fraction of sp³-hybridized carbons (Fsp3) is 0.500. The van der Waals surface area contributed by atoms with Crippen LogP contribution in [0.4, 0.5) is 19.0 Å². The van der Waals surface area contributed by atoms with E-state index >= 15 is 0 Å². The van der Waals surface area contributed by atoms with Crippen LogP contribution < -0.4 is 5.32 Å². The smallest absolute Gasteiger partial charge is 0.363 e. The van der Waals surface area contributed by atoms with Gasteiger partial charge in [-0.05, 0) is 31.7 Å². The fourth-order valence-corrected chi connectivity index (χ4v) is 4.13. The number of hydrogen-bond donors (Lipinski definition) is 1. The first-order chi connectivity index (χ1) is 13.3. The van der Waals surface area contributed by atoms with Crippen LogP contribution in [-0.4, -0.2) is 39.4 Å². The molecule has 1 aromatic heterocycles. The van der Waals surface area contributed by atoms with Gasteiger partial charge >= 0.3 is 6.18 Å². The van der Waals surface area contributed by atoms with Gasteiger partial charge in [0.15, 0.2) is 11.7 Å². The number of rotatable bonds is 2. The van der Waals surface area contributed by atoms with Crippen molar-refractivity contribution < 1.29 is 18.0 Å². The number of nitrogens with one attached hydrogen (secondary N) is 1. The van der Waals surface area contributed by atoms with Crippen LogP contribution in [0.5, 0.6) is 0 Å². The monoisotopic (exact) mass is 392 g/mol. The van der Waals surface area contributed by atoms with Crippen molar-refractivity contribution in [3.63, 3.8) is 0 Å². The van der Waals surface area contributed by atoms with Gasteiger partial charge in [-0.3, -0.25) is 4.79 Å². The topological polar surface area (TPSA) is 50.2 Å². The third-order valence-corrected chi connectivity index (χ3v) is 5.67. The van der Waals surface area contributed by atoms with Gasteiger partial charge < -0.3 is 10.2 Å². The van der Waals surface area contributed by atoms with Crippen molar-refractivity contribution >= 4 is 11.7 Å². The zero-order chi connectivity index (χ0) is 19.9. The van der Waals surface area contributed by atoms with Crippen LogP contribution >= 0.6 is 0 Å². The van der Waals surface area contributed by atoms with Gasteiger partial charge in [-0.25, -0.2) is 4.68 Å². The Morgan fingerprint density at radius 2 is 1.96 bits per heavy atom. The van der Waals surface area contributed by atoms with Crippen molar-refractivity contribution in [3.05, 3.63) is 47.7 Å². The predicted molar refractivity (Wildman–Crippen MR) is 99.1 cm³/mol. The molecule has 8 heteroatoms. The van der Waals surface area contributed by atoms with Crippen molar-refractivity contribution in [1.82, 2.24) is 14.7 Å². The summed E-state index contributed by atoms with van der Waals surface area (Å²) in [5, 5.41) is 7.21. The highest BCUT2D eigenvalue weighted by Gasteiger charge is 2.47. The number of aromatic nitrogens is 2. The predicted octanol–water partition coefficient (Wildman–Crippen LogP) is 4.56. The Morgan fingerprint density at radius 3 is 2.64 bits per heavy atom. The lowest BCUT2D eigenvalue weighted by atomic mass is 9.97. The van der Waals surface area contributed by atoms with E-state index in [9.17, 15) is 18.0 Å². The molecule has 0 aliphatic carbocycles. The van der Waals surface area contributed by atoms with E-state index in [0.717, 1.165) is 29.5 Å². The molecule has 1 aromatic carbocycles. The van der Waals surface area contributed by atoms with Gasteiger partial charge in [-0.15, -0.1) is 0 Å². The number of nitrogens with zero attached hydrogens (tertiary/aromatic N) is 3. The van der Waals surface area contributed by atoms with E-state index in [1.54, 1.807) is 29.2 Å². The molecule has 4 rings (SSSR count). The highest BCUT2D eigenvalue weighted by molar-refractivity contribution is 5.93. The first-order valence-electron chi connectivity index (χ1n) is 9.63. The van der Waals surface area contributed by atoms with Crippen LogP contribution in [0.3, 0.4) is 0 Å². The molecule has 5 nitrogen and oxygen atoms in total. The average Bonchev–Trinajstić information content (AvgIpc) is 3.11. The Hall–Kier alpha value is -2.51. The molecule has 150 valence electrons. The first kappa shape index (κ1) is 18.8. The maximum atomic E-state index is 13.8. The van der Waals surface area contributed by atoms with Crippen molar-refractivity contribution in [3.8, 4) is 0 Å². The molecule has 28 heavy (non-hydrogen) atoms. The van der Waals surface area contributed by atoms with Crippen LogP contribution in [0.2, 0.25) is 0 Å². The van der Waals surface area contributed by atoms with E-state index in [4.69, 9.17) is 0 Å². The molecule has 1 saturated heterocycles. The highest BCUT2D eigenvalue weighted by atomic mass is 19.4. The number of carbonyl (C=O) groups excluding carboxylic acids is 1. The molecule has 2 aliphatic rings. The summed E-state index contributed by atoms with van der Waals surface area (Å²) >= 11 is 0. The minimum Gasteiger partial charge on any atom is -0.363 e. The van der Waals surface area contributed by atoms with Gasteiger partial charge in [0, 0.05) is 25.1 Å². The van der Waals surface area contributed by atoms with E-state index in [0.29, 0.717) is 6.54 Å². The zero-order valence-electron chi connectivity index (χ0n) is 15.6. The largest absolute Gasteiger partial charge is 0.410 e. The molecule has 0 spiro atoms. The minimum absolute atomic E-state index is 0.0687. The van der Waals surface area contributed by atoms with E-state index in [2.05, 4.69) is 10.4 Å². The van der Waals surface area contributed by atoms with Crippen LogP contribution in [0.1, 0.15) is 60.7 Å². The molecule has 2 aliphatic heterocycles. The molecule has 3 atom stereocenters. The van der Waals surface area contributed by atoms with Crippen LogP contribution in [-0.2, 0) is 0 Å². The molecule has 1 amide bonds. The molecular weight excluding hydrogens is 369 g/mol. The number of benzene rings is 1. The number of carbonyl (C=O) groups is 1. The summed E-state index contributed by atoms with van der Waals surface area (Å²) in [6.45, 7) is 2.58. The quantitative estimate of drug-likeness (QED) is 0.815. The summed E-state index contributed by atoms with van der Waals surface area (Å²) in [5.41, 5.74) is 0.848. The fourth-order valence-electron chi connectivity index (χ4n) is 4.13. The minimum atomic E-state index is -4.45. The second kappa shape index (κ2) is 7.14. The van der Waals surface area contributed by atoms with Crippen molar-refractivity contribution in [2.24, 2.45) is 0 Å². The Labute approximate surface area is 161 Å². The summed E-state index contributed by atoms with van der Waals surface area (Å²) in [6.07, 6.45) is -1.76. The van der Waals surface area contributed by atoms with E-state index in [1.807, 2.05) is 13.0 Å². The van der Waals surface area contributed by atoms with Crippen molar-refractivity contribution in [2.75, 3.05) is 11.9 Å². The number of halogens is 3. The number of fused-ring (bicyclic) bond motifs is 1. The Morgan fingerprint density at radius 1 is 1.21 bits per heavy atom. The summed E-state index contributed by atoms with van der Waals surface area (Å²) in [4.78, 5) is 14.6. The second-order valence-corrected chi connectivity index (χ2v) is 7.60. The van der Waals surface area contributed by atoms with Gasteiger partial charge in [-0.2, -0.15) is 18.3 Å². The summed E-state index contributed by atoms with van der Waals surface area (Å²) < 4.78 is 42.2. The Balaban J connectivity index is 1.67. The molecule has 2 aromatic rings. The standard InChI is InChI=1S/C20H23F3N4O/c1-13-7-5-6-10-26(13)19(28)16-12-18-24-15(14-8-3-2-4-9-14)11-17(20(21,22)23)27(18)25-16/h2-4,8-9,12-13,15,17,24H,5-7,10-11H2,1H3/t13-,15+,17+/m1/s1. The molecular formula is C20H23F3N4O. The number of amides is 1. The molecule has 0 bridgehead atoms. The Kier molecular flexibility index (Phi) is 4.81. The lowest BCUT2D eigenvalue weighted by Crippen LogP contribution is -2.42. The third-order valence-electron chi connectivity index (χ3n) is 5.67. The van der Waals surface area contributed by atoms with Crippen molar-refractivity contribution in [2.45, 2.75) is 56.9 Å². The summed E-state index contributed by atoms with van der Waals surface area (Å²) in [5.74, 6) is -0.0662. The van der Waals surface area contributed by atoms with Crippen LogP contribution in [0.15, 0.2) is 36.4 Å². The summed E-state index contributed by atoms with van der Waals surface area (Å²) in [6, 6.07) is 8.31. The van der Waals surface area contributed by atoms with Crippen LogP contribution in [0.25, 0.3) is 0 Å². The maximum absolute atomic E-state index is 13.8. The lowest BCUT2D eigenvalue weighted by Gasteiger charge is -2.33. The van der Waals surface area contributed by atoms with E-state index < -0.39 is 18.3 Å². The first-order valence-corrected chi connectivity index (χ1v) is 9.63. The third kappa shape index (κ3) is 3.47. The highest BCUT2D eigenvalue weighted by Crippen LogP contribution is 2.43. The van der Waals surface area contributed by atoms with Gasteiger partial charge in [0.2, 0.25) is 0 Å². The van der Waals surface area contributed by atoms with Crippen molar-refractivity contribution in [1.29, 1.82) is 0 Å². The number of alkyl halides is 3. The van der Waals surface area contributed by atoms with Gasteiger partial charge in [0.25, 0.3) is 5.91 Å². The van der Waals surface area contributed by atoms with E-state index in [-0.39, 0.29) is 29.9 Å². The number of likely N-dealkylation sites (tertiary alicyclic amines) is 1. The number of piperidine rings is 1. The maximum Gasteiger partial charge on any atom is 0.410 e. The zero-order valence-corrected chi connectivity index (χ0v) is 15.6. The molecule has 3 heterocycles. The Bertz CT molecular complexity index is 849. The lowest BCUT2D eigenvalue weighted by molar-refractivity contribution is -0.173. The molecule has 1 fully saturated rings. The van der Waals surface area contributed by atoms with Gasteiger partial charge in [-0.1, -0.05) is 30.3 Å². The number of anilines is 1. The van der Waals surface area contributed by atoms with Gasteiger partial charge in [0.05, 0.1) is 6.04 Å². The van der Waals surface area contributed by atoms with Crippen LogP contribution in [0, 0.1) is 0 Å². The van der Waals surface area contributed by atoms with E-state index in [1.165, 1.54) is 6.07 Å². The SMILES string of the molecule is C[C@@H]1CCCCN1C(=O)c1cc2n(n1)[C@H](C(F)(F)F)C[C@@H](c1ccccc1)N2. The normalized spacial score (nSPS) is 25.1. The second-order valence-electron chi connectivity index (χ2n) is 7.60.